The molecule has 0 heterocycles. The molecule has 0 saturated heterocycles. The Hall–Kier alpha value is 0.443. The molecule has 0 aliphatic heterocycles. The van der Waals surface area contributed by atoms with Crippen LogP contribution in [0, 0.1) is 0 Å². The summed E-state index contributed by atoms with van der Waals surface area (Å²) < 4.78 is 52.5. The van der Waals surface area contributed by atoms with Gasteiger partial charge in [0, 0.05) is 19.5 Å². The van der Waals surface area contributed by atoms with E-state index in [0.717, 1.165) is 0 Å². The van der Waals surface area contributed by atoms with E-state index in [1.165, 1.54) is 0 Å². The van der Waals surface area contributed by atoms with E-state index >= 15 is 0 Å². The first-order valence-corrected chi connectivity index (χ1v) is 4.60. The van der Waals surface area contributed by atoms with Crippen LogP contribution >= 0.6 is 0 Å². The second-order valence-corrected chi connectivity index (χ2v) is 5.09. The van der Waals surface area contributed by atoms with E-state index in [9.17, 15) is 16.8 Å². The van der Waals surface area contributed by atoms with Gasteiger partial charge in [0.25, 0.3) is 0 Å². The maximum Gasteiger partial charge on any atom is 0.397 e. The van der Waals surface area contributed by atoms with Crippen molar-refractivity contribution in [3.8, 4) is 0 Å². The van der Waals surface area contributed by atoms with Crippen molar-refractivity contribution in [1.29, 1.82) is 0 Å². The summed E-state index contributed by atoms with van der Waals surface area (Å²) in [6, 6.07) is 0. The second-order valence-electron chi connectivity index (χ2n) is 0.855. The molecule has 0 radical (unpaired) electrons. The first-order valence-electron chi connectivity index (χ1n) is 1.20. The molecule has 0 aromatic heterocycles. The fourth-order valence-electron chi connectivity index (χ4n) is 0. The zero-order valence-electron chi connectivity index (χ0n) is 4.05. The van der Waals surface area contributed by atoms with Crippen LogP contribution in [-0.4, -0.2) is 25.9 Å². The third-order valence-electron chi connectivity index (χ3n) is 0.266. The minimum absolute atomic E-state index is 0. The summed E-state index contributed by atoms with van der Waals surface area (Å²) >= 11 is 0. The van der Waals surface area contributed by atoms with Crippen molar-refractivity contribution in [2.75, 3.05) is 0 Å². The van der Waals surface area contributed by atoms with Crippen LogP contribution in [0.5, 0.6) is 0 Å². The zero-order chi connectivity index (χ0) is 7.00. The van der Waals surface area contributed by atoms with Crippen LogP contribution in [0.4, 0.5) is 0 Å². The molecule has 2 N–H and O–H groups in total. The predicted octanol–water partition coefficient (Wildman–Crippen LogP) is -1.33. The van der Waals surface area contributed by atoms with Crippen molar-refractivity contribution in [1.82, 2.24) is 0 Å². The van der Waals surface area contributed by atoms with Gasteiger partial charge in [0.1, 0.15) is 0 Å². The Morgan fingerprint density at radius 1 is 0.778 bits per heavy atom. The monoisotopic (exact) mass is 226 g/mol. The van der Waals surface area contributed by atoms with E-state index in [-0.39, 0.29) is 19.5 Å². The van der Waals surface area contributed by atoms with Gasteiger partial charge in [-0.3, -0.25) is 9.11 Å². The summed E-state index contributed by atoms with van der Waals surface area (Å²) in [5.74, 6) is 0. The number of hydrogen-bond donors (Lipinski definition) is 2. The fourth-order valence-corrected chi connectivity index (χ4v) is 0. The average Bonchev–Trinajstić information content (AvgIpc) is 1.25. The summed E-state index contributed by atoms with van der Waals surface area (Å²) in [7, 11) is -10.6. The third kappa shape index (κ3) is 3.93. The van der Waals surface area contributed by atoms with Crippen LogP contribution < -0.4 is 0 Å². The van der Waals surface area contributed by atoms with E-state index < -0.39 is 18.3 Å². The Morgan fingerprint density at radius 2 is 0.889 bits per heavy atom. The van der Waals surface area contributed by atoms with Crippen molar-refractivity contribution in [2.45, 2.75) is 0 Å². The molecular weight excluding hydrogens is 226 g/mol. The molecule has 0 rings (SSSR count). The normalized spacial score (nSPS) is 12.2. The summed E-state index contributed by atoms with van der Waals surface area (Å²) in [6.45, 7) is 0. The molecular formula is H2O6S2Zn. The van der Waals surface area contributed by atoms with Gasteiger partial charge in [0.05, 0.1) is 0 Å². The maximum atomic E-state index is 9.37. The molecule has 0 aliphatic rings. The third-order valence-corrected chi connectivity index (χ3v) is 2.40. The molecule has 0 atom stereocenters. The van der Waals surface area contributed by atoms with Gasteiger partial charge < -0.3 is 0 Å². The van der Waals surface area contributed by atoms with Crippen LogP contribution in [0.25, 0.3) is 0 Å². The number of hydrogen-bond acceptors (Lipinski definition) is 4. The number of rotatable bonds is 1. The standard InChI is InChI=1S/H2O6S2.Zn/c1-7(2,3)8(4,5)6;/h(H,1,2,3)(H,4,5,6);. The van der Waals surface area contributed by atoms with Gasteiger partial charge in [-0.05, 0) is 0 Å². The van der Waals surface area contributed by atoms with Crippen molar-refractivity contribution < 1.29 is 45.4 Å². The predicted molar refractivity (Wildman–Crippen MR) is 23.1 cm³/mol. The molecule has 0 aromatic rings. The first kappa shape index (κ1) is 12.2. The summed E-state index contributed by atoms with van der Waals surface area (Å²) in [4.78, 5) is 0. The van der Waals surface area contributed by atoms with Gasteiger partial charge in [0.15, 0.2) is 0 Å². The van der Waals surface area contributed by atoms with Gasteiger partial charge in [-0.15, -0.1) is 0 Å². The van der Waals surface area contributed by atoms with Gasteiger partial charge >= 0.3 is 18.3 Å². The molecule has 0 amide bonds. The molecule has 0 unspecified atom stereocenters. The van der Waals surface area contributed by atoms with E-state index in [1.54, 1.807) is 0 Å². The first-order chi connectivity index (χ1) is 3.25. The molecule has 0 fully saturated rings. The summed E-state index contributed by atoms with van der Waals surface area (Å²) in [5.41, 5.74) is 0. The Balaban J connectivity index is 0. The molecule has 0 aliphatic carbocycles. The Morgan fingerprint density at radius 3 is 0.889 bits per heavy atom. The average molecular weight is 228 g/mol. The van der Waals surface area contributed by atoms with Crippen LogP contribution in [0.15, 0.2) is 0 Å². The Kier molecular flexibility index (Phi) is 4.08. The van der Waals surface area contributed by atoms with Gasteiger partial charge in [-0.1, -0.05) is 0 Å². The van der Waals surface area contributed by atoms with E-state index in [4.69, 9.17) is 9.11 Å². The minimum atomic E-state index is -5.31. The van der Waals surface area contributed by atoms with Crippen molar-refractivity contribution in [3.05, 3.63) is 0 Å². The SMILES string of the molecule is O=S(=O)(O)S(=O)(=O)O.[Zn]. The van der Waals surface area contributed by atoms with Crippen molar-refractivity contribution >= 4 is 18.3 Å². The molecule has 9 heavy (non-hydrogen) atoms. The smallest absolute Gasteiger partial charge is 0.272 e. The van der Waals surface area contributed by atoms with Crippen LogP contribution in [0.3, 0.4) is 0 Å². The molecule has 52 valence electrons. The van der Waals surface area contributed by atoms with Crippen LogP contribution in [0.2, 0.25) is 0 Å². The van der Waals surface area contributed by atoms with Gasteiger partial charge in [-0.25, -0.2) is 0 Å². The van der Waals surface area contributed by atoms with Crippen molar-refractivity contribution in [2.24, 2.45) is 0 Å². The summed E-state index contributed by atoms with van der Waals surface area (Å²) in [5, 5.41) is 0. The second kappa shape index (κ2) is 3.02. The van der Waals surface area contributed by atoms with Crippen LogP contribution in [-0.2, 0) is 37.8 Å². The molecule has 0 bridgehead atoms. The zero-order valence-corrected chi connectivity index (χ0v) is 8.65. The Bertz CT molecular complexity index is 223. The Labute approximate surface area is 63.9 Å². The molecule has 0 aromatic carbocycles. The minimum Gasteiger partial charge on any atom is -0.272 e. The summed E-state index contributed by atoms with van der Waals surface area (Å²) in [6.07, 6.45) is 0. The molecule has 0 spiro atoms. The van der Waals surface area contributed by atoms with Gasteiger partial charge in [0.2, 0.25) is 0 Å². The fraction of sp³-hybridized carbons (Fsp3) is 0. The molecule has 0 saturated carbocycles. The topological polar surface area (TPSA) is 109 Å². The largest absolute Gasteiger partial charge is 0.397 e. The van der Waals surface area contributed by atoms with Gasteiger partial charge in [-0.2, -0.15) is 16.8 Å². The quantitative estimate of drug-likeness (QED) is 0.327. The van der Waals surface area contributed by atoms with Crippen LogP contribution in [0.1, 0.15) is 0 Å². The van der Waals surface area contributed by atoms with E-state index in [0.29, 0.717) is 0 Å². The van der Waals surface area contributed by atoms with E-state index in [1.807, 2.05) is 0 Å². The molecule has 9 heteroatoms. The van der Waals surface area contributed by atoms with Crippen molar-refractivity contribution in [3.63, 3.8) is 0 Å². The maximum absolute atomic E-state index is 9.37. The van der Waals surface area contributed by atoms with E-state index in [2.05, 4.69) is 0 Å². The molecule has 6 nitrogen and oxygen atoms in total.